The van der Waals surface area contributed by atoms with Gasteiger partial charge in [-0.15, -0.1) is 0 Å². The Kier molecular flexibility index (Phi) is 3.70. The van der Waals surface area contributed by atoms with E-state index in [4.69, 9.17) is 17.3 Å². The quantitative estimate of drug-likeness (QED) is 0.903. The van der Waals surface area contributed by atoms with Gasteiger partial charge in [-0.2, -0.15) is 0 Å². The molecule has 0 bridgehead atoms. The molecule has 0 amide bonds. The van der Waals surface area contributed by atoms with E-state index in [-0.39, 0.29) is 0 Å². The van der Waals surface area contributed by atoms with Crippen LogP contribution in [0.2, 0.25) is 5.02 Å². The Hall–Kier alpha value is -0.770. The lowest BCUT2D eigenvalue weighted by Crippen LogP contribution is -2.55. The summed E-state index contributed by atoms with van der Waals surface area (Å²) in [7, 11) is 0. The summed E-state index contributed by atoms with van der Waals surface area (Å²) in [5.74, 6) is 0. The number of piperazine rings is 1. The third-order valence-corrected chi connectivity index (χ3v) is 4.74. The monoisotopic (exact) mass is 279 g/mol. The van der Waals surface area contributed by atoms with E-state index in [0.717, 1.165) is 29.7 Å². The molecular weight excluding hydrogens is 258 g/mol. The van der Waals surface area contributed by atoms with Crippen molar-refractivity contribution in [1.82, 2.24) is 4.90 Å². The molecule has 0 spiro atoms. The Balaban J connectivity index is 1.88. The van der Waals surface area contributed by atoms with Gasteiger partial charge in [0.2, 0.25) is 0 Å². The minimum absolute atomic E-state index is 0.542. The first kappa shape index (κ1) is 13.2. The molecule has 19 heavy (non-hydrogen) atoms. The maximum Gasteiger partial charge on any atom is 0.0416 e. The third kappa shape index (κ3) is 2.47. The third-order valence-electron chi connectivity index (χ3n) is 4.51. The SMILES string of the molecule is CC1CN2CCCC2CN1c1ccc(Cl)cc1CN. The number of anilines is 1. The summed E-state index contributed by atoms with van der Waals surface area (Å²) in [6, 6.07) is 7.37. The zero-order chi connectivity index (χ0) is 13.4. The Morgan fingerprint density at radius 1 is 1.37 bits per heavy atom. The van der Waals surface area contributed by atoms with Crippen LogP contribution in [0.5, 0.6) is 0 Å². The normalized spacial score (nSPS) is 27.6. The molecule has 1 aromatic carbocycles. The summed E-state index contributed by atoms with van der Waals surface area (Å²) in [4.78, 5) is 5.16. The van der Waals surface area contributed by atoms with Gasteiger partial charge in [-0.25, -0.2) is 0 Å². The number of hydrogen-bond acceptors (Lipinski definition) is 3. The highest BCUT2D eigenvalue weighted by Gasteiger charge is 2.34. The van der Waals surface area contributed by atoms with Crippen LogP contribution in [0.25, 0.3) is 0 Å². The van der Waals surface area contributed by atoms with E-state index in [0.29, 0.717) is 12.6 Å². The molecule has 2 aliphatic rings. The predicted molar refractivity (Wildman–Crippen MR) is 80.7 cm³/mol. The second kappa shape index (κ2) is 5.31. The molecule has 2 unspecified atom stereocenters. The zero-order valence-corrected chi connectivity index (χ0v) is 12.2. The lowest BCUT2D eigenvalue weighted by Gasteiger charge is -2.44. The van der Waals surface area contributed by atoms with E-state index in [9.17, 15) is 0 Å². The minimum Gasteiger partial charge on any atom is -0.366 e. The second-order valence-corrected chi connectivity index (χ2v) is 6.21. The summed E-state index contributed by atoms with van der Waals surface area (Å²) < 4.78 is 0. The number of nitrogens with zero attached hydrogens (tertiary/aromatic N) is 2. The molecule has 2 N–H and O–H groups in total. The van der Waals surface area contributed by atoms with Crippen molar-refractivity contribution in [2.75, 3.05) is 24.5 Å². The highest BCUT2D eigenvalue weighted by Crippen LogP contribution is 2.31. The number of rotatable bonds is 2. The Morgan fingerprint density at radius 2 is 2.21 bits per heavy atom. The van der Waals surface area contributed by atoms with Gasteiger partial charge in [-0.05, 0) is 50.1 Å². The van der Waals surface area contributed by atoms with Crippen molar-refractivity contribution in [1.29, 1.82) is 0 Å². The van der Waals surface area contributed by atoms with Crippen LogP contribution >= 0.6 is 11.6 Å². The first-order valence-electron chi connectivity index (χ1n) is 7.18. The Bertz CT molecular complexity index is 463. The van der Waals surface area contributed by atoms with Gasteiger partial charge in [0, 0.05) is 42.4 Å². The molecule has 4 heteroatoms. The fourth-order valence-electron chi connectivity index (χ4n) is 3.52. The van der Waals surface area contributed by atoms with Crippen molar-refractivity contribution < 1.29 is 0 Å². The van der Waals surface area contributed by atoms with Crippen LogP contribution < -0.4 is 10.6 Å². The van der Waals surface area contributed by atoms with Gasteiger partial charge in [0.1, 0.15) is 0 Å². The van der Waals surface area contributed by atoms with E-state index >= 15 is 0 Å². The van der Waals surface area contributed by atoms with Crippen molar-refractivity contribution >= 4 is 17.3 Å². The Morgan fingerprint density at radius 3 is 3.00 bits per heavy atom. The smallest absolute Gasteiger partial charge is 0.0416 e. The molecule has 1 aromatic rings. The molecule has 2 saturated heterocycles. The van der Waals surface area contributed by atoms with Gasteiger partial charge in [-0.3, -0.25) is 4.90 Å². The second-order valence-electron chi connectivity index (χ2n) is 5.77. The van der Waals surface area contributed by atoms with Crippen LogP contribution in [0.1, 0.15) is 25.3 Å². The predicted octanol–water partition coefficient (Wildman–Crippen LogP) is 2.47. The highest BCUT2D eigenvalue weighted by molar-refractivity contribution is 6.30. The molecule has 0 aliphatic carbocycles. The van der Waals surface area contributed by atoms with Gasteiger partial charge >= 0.3 is 0 Å². The molecule has 0 aromatic heterocycles. The first-order valence-corrected chi connectivity index (χ1v) is 7.56. The van der Waals surface area contributed by atoms with Gasteiger partial charge < -0.3 is 10.6 Å². The zero-order valence-electron chi connectivity index (χ0n) is 11.5. The molecule has 2 atom stereocenters. The van der Waals surface area contributed by atoms with E-state index in [2.05, 4.69) is 22.8 Å². The van der Waals surface area contributed by atoms with E-state index in [1.54, 1.807) is 0 Å². The van der Waals surface area contributed by atoms with Gasteiger partial charge in [0.05, 0.1) is 0 Å². The largest absolute Gasteiger partial charge is 0.366 e. The first-order chi connectivity index (χ1) is 9.19. The van der Waals surface area contributed by atoms with Gasteiger partial charge in [0.25, 0.3) is 0 Å². The van der Waals surface area contributed by atoms with Crippen LogP contribution in [0.3, 0.4) is 0 Å². The van der Waals surface area contributed by atoms with E-state index < -0.39 is 0 Å². The molecule has 0 radical (unpaired) electrons. The molecule has 2 aliphatic heterocycles. The maximum atomic E-state index is 6.08. The number of nitrogens with two attached hydrogens (primary N) is 1. The summed E-state index contributed by atoms with van der Waals surface area (Å²) >= 11 is 6.08. The summed E-state index contributed by atoms with van der Waals surface area (Å²) in [6.07, 6.45) is 2.67. The Labute approximate surface area is 120 Å². The van der Waals surface area contributed by atoms with E-state index in [1.165, 1.54) is 25.1 Å². The molecule has 3 nitrogen and oxygen atoms in total. The number of halogens is 1. The molecule has 104 valence electrons. The molecule has 2 fully saturated rings. The van der Waals surface area contributed by atoms with Crippen molar-refractivity contribution in [2.45, 2.75) is 38.4 Å². The van der Waals surface area contributed by atoms with Gasteiger partial charge in [-0.1, -0.05) is 11.6 Å². The molecule has 0 saturated carbocycles. The standard InChI is InChI=1S/C15H22ClN3/c1-11-9-18-6-2-3-14(18)10-19(11)15-5-4-13(16)7-12(15)8-17/h4-5,7,11,14H,2-3,6,8-10,17H2,1H3. The average Bonchev–Trinajstić information content (AvgIpc) is 2.85. The summed E-state index contributed by atoms with van der Waals surface area (Å²) in [5, 5.41) is 0.774. The maximum absolute atomic E-state index is 6.08. The van der Waals surface area contributed by atoms with Crippen LogP contribution in [0.4, 0.5) is 5.69 Å². The molecular formula is C15H22ClN3. The van der Waals surface area contributed by atoms with E-state index in [1.807, 2.05) is 12.1 Å². The van der Waals surface area contributed by atoms with Crippen LogP contribution in [0.15, 0.2) is 18.2 Å². The lowest BCUT2D eigenvalue weighted by atomic mass is 10.0. The fourth-order valence-corrected chi connectivity index (χ4v) is 3.72. The van der Waals surface area contributed by atoms with Crippen molar-refractivity contribution in [3.63, 3.8) is 0 Å². The van der Waals surface area contributed by atoms with Crippen molar-refractivity contribution in [2.24, 2.45) is 5.73 Å². The summed E-state index contributed by atoms with van der Waals surface area (Å²) in [5.41, 5.74) is 8.31. The van der Waals surface area contributed by atoms with Crippen LogP contribution in [-0.2, 0) is 6.54 Å². The fraction of sp³-hybridized carbons (Fsp3) is 0.600. The molecule has 2 heterocycles. The topological polar surface area (TPSA) is 32.5 Å². The highest BCUT2D eigenvalue weighted by atomic mass is 35.5. The van der Waals surface area contributed by atoms with Gasteiger partial charge in [0.15, 0.2) is 0 Å². The van der Waals surface area contributed by atoms with Crippen LogP contribution in [0, 0.1) is 0 Å². The number of hydrogen-bond donors (Lipinski definition) is 1. The average molecular weight is 280 g/mol. The number of fused-ring (bicyclic) bond motifs is 1. The van der Waals surface area contributed by atoms with Crippen LogP contribution in [-0.4, -0.2) is 36.6 Å². The van der Waals surface area contributed by atoms with Crippen molar-refractivity contribution in [3.8, 4) is 0 Å². The number of benzene rings is 1. The summed E-state index contributed by atoms with van der Waals surface area (Å²) in [6.45, 7) is 6.41. The minimum atomic E-state index is 0.542. The van der Waals surface area contributed by atoms with Crippen molar-refractivity contribution in [3.05, 3.63) is 28.8 Å². The lowest BCUT2D eigenvalue weighted by molar-refractivity contribution is 0.203. The molecule has 3 rings (SSSR count).